The van der Waals surface area contributed by atoms with E-state index in [9.17, 15) is 0 Å². The summed E-state index contributed by atoms with van der Waals surface area (Å²) in [6, 6.07) is 0. The molecule has 1 heteroatoms. The van der Waals surface area contributed by atoms with E-state index in [1.807, 2.05) is 13.8 Å². The average Bonchev–Trinajstić information content (AvgIpc) is 2.25. The number of allylic oxidation sites excluding steroid dienone is 4. The summed E-state index contributed by atoms with van der Waals surface area (Å²) < 4.78 is 0. The van der Waals surface area contributed by atoms with Crippen molar-refractivity contribution in [2.75, 3.05) is 0 Å². The minimum Gasteiger partial charge on any atom is -0.402 e. The van der Waals surface area contributed by atoms with E-state index in [-0.39, 0.29) is 14.9 Å². The molecule has 0 saturated heterocycles. The highest BCUT2D eigenvalue weighted by atomic mass is 14.6. The molecule has 0 aliphatic rings. The molecule has 0 radical (unpaired) electrons. The van der Waals surface area contributed by atoms with Gasteiger partial charge >= 0.3 is 0 Å². The highest BCUT2D eigenvalue weighted by Gasteiger charge is 2.08. The molecular formula is C23H53N. The predicted molar refractivity (Wildman–Crippen MR) is 119 cm³/mol. The Labute approximate surface area is 157 Å². The van der Waals surface area contributed by atoms with E-state index in [4.69, 9.17) is 5.73 Å². The van der Waals surface area contributed by atoms with Gasteiger partial charge in [-0.3, -0.25) is 0 Å². The van der Waals surface area contributed by atoms with E-state index < -0.39 is 0 Å². The molecule has 2 N–H and O–H groups in total. The van der Waals surface area contributed by atoms with Crippen LogP contribution in [0.2, 0.25) is 0 Å². The highest BCUT2D eigenvalue weighted by molar-refractivity contribution is 5.13. The van der Waals surface area contributed by atoms with E-state index in [1.54, 1.807) is 5.57 Å². The van der Waals surface area contributed by atoms with Gasteiger partial charge in [-0.25, -0.2) is 0 Å². The lowest BCUT2D eigenvalue weighted by molar-refractivity contribution is 0.615. The summed E-state index contributed by atoms with van der Waals surface area (Å²) >= 11 is 0. The molecule has 0 rings (SSSR count). The first-order valence-electron chi connectivity index (χ1n) is 8.85. The highest BCUT2D eigenvalue weighted by Crippen LogP contribution is 2.22. The summed E-state index contributed by atoms with van der Waals surface area (Å²) in [6.45, 7) is 28.2. The van der Waals surface area contributed by atoms with Gasteiger partial charge in [-0.15, -0.1) is 0 Å². The Morgan fingerprint density at radius 1 is 0.542 bits per heavy atom. The molecule has 150 valence electrons. The van der Waals surface area contributed by atoms with Crippen LogP contribution >= 0.6 is 0 Å². The van der Waals surface area contributed by atoms with Crippen molar-refractivity contribution in [3.05, 3.63) is 22.4 Å². The Morgan fingerprint density at radius 3 is 0.792 bits per heavy atom. The zero-order chi connectivity index (χ0) is 18.6. The maximum Gasteiger partial charge on any atom is 0.00927 e. The molecule has 24 heavy (non-hydrogen) atoms. The maximum atomic E-state index is 5.64. The van der Waals surface area contributed by atoms with Crippen LogP contribution in [-0.2, 0) is 0 Å². The fourth-order valence-corrected chi connectivity index (χ4v) is 2.40. The molecule has 0 atom stereocenters. The average molecular weight is 344 g/mol. The van der Waals surface area contributed by atoms with E-state index in [0.29, 0.717) is 17.8 Å². The molecule has 0 bridgehead atoms. The van der Waals surface area contributed by atoms with Crippen molar-refractivity contribution >= 4 is 0 Å². The summed E-state index contributed by atoms with van der Waals surface area (Å²) in [5.74, 6) is 2.76. The van der Waals surface area contributed by atoms with Crippen LogP contribution < -0.4 is 5.73 Å². The maximum absolute atomic E-state index is 5.64. The SMILES string of the molecule is C.C.CC(C)=C(C(C)C)C(C)C.CC(C)=C(N)C(C)C.CC(C)C. The largest absolute Gasteiger partial charge is 0.402 e. The zero-order valence-electron chi connectivity index (χ0n) is 17.9. The summed E-state index contributed by atoms with van der Waals surface area (Å²) in [6.07, 6.45) is 0. The van der Waals surface area contributed by atoms with Gasteiger partial charge in [-0.1, -0.05) is 93.9 Å². The molecular weight excluding hydrogens is 290 g/mol. The first kappa shape index (κ1) is 34.6. The normalized spacial score (nSPS) is 9.21. The molecule has 0 unspecified atom stereocenters. The number of hydrogen-bond donors (Lipinski definition) is 1. The fraction of sp³-hybridized carbons (Fsp3) is 0.826. The van der Waals surface area contributed by atoms with E-state index >= 15 is 0 Å². The first-order chi connectivity index (χ1) is 9.75. The standard InChI is InChI=1S/C10H20.C7H15N.C4H10.2CH4/c1-7(2)10(8(3)4)9(5)6;1-5(2)7(8)6(3)4;1-4(2)3;;/h7-8H,1-6H3;5H,8H2,1-4H3;4H,1-3H3;2*1H4. The Morgan fingerprint density at radius 2 is 0.792 bits per heavy atom. The van der Waals surface area contributed by atoms with E-state index in [1.165, 1.54) is 11.1 Å². The summed E-state index contributed by atoms with van der Waals surface area (Å²) in [5.41, 5.74) is 11.0. The van der Waals surface area contributed by atoms with Crippen LogP contribution in [0.15, 0.2) is 22.4 Å². The second-order valence-corrected chi connectivity index (χ2v) is 8.11. The lowest BCUT2D eigenvalue weighted by atomic mass is 9.89. The van der Waals surface area contributed by atoms with Gasteiger partial charge in [0.05, 0.1) is 0 Å². The van der Waals surface area contributed by atoms with Crippen LogP contribution in [0.4, 0.5) is 0 Å². The van der Waals surface area contributed by atoms with E-state index in [2.05, 4.69) is 76.2 Å². The lowest BCUT2D eigenvalue weighted by Gasteiger charge is -2.17. The summed E-state index contributed by atoms with van der Waals surface area (Å²) in [7, 11) is 0. The Hall–Kier alpha value is -0.720. The zero-order valence-corrected chi connectivity index (χ0v) is 17.9. The third-order valence-corrected chi connectivity index (χ3v) is 3.02. The first-order valence-corrected chi connectivity index (χ1v) is 8.85. The van der Waals surface area contributed by atoms with Gasteiger partial charge in [-0.05, 0) is 51.4 Å². The Bertz CT molecular complexity index is 307. The van der Waals surface area contributed by atoms with Gasteiger partial charge in [-0.2, -0.15) is 0 Å². The summed E-state index contributed by atoms with van der Waals surface area (Å²) in [4.78, 5) is 0. The third kappa shape index (κ3) is 23.5. The van der Waals surface area contributed by atoms with Crippen molar-refractivity contribution in [2.24, 2.45) is 29.4 Å². The van der Waals surface area contributed by atoms with Crippen molar-refractivity contribution in [1.82, 2.24) is 0 Å². The number of nitrogens with two attached hydrogens (primary N) is 1. The topological polar surface area (TPSA) is 26.0 Å². The monoisotopic (exact) mass is 343 g/mol. The van der Waals surface area contributed by atoms with Crippen LogP contribution in [0.3, 0.4) is 0 Å². The molecule has 0 aromatic carbocycles. The van der Waals surface area contributed by atoms with Gasteiger partial charge < -0.3 is 5.73 Å². The molecule has 0 aromatic rings. The molecule has 0 aliphatic heterocycles. The quantitative estimate of drug-likeness (QED) is 0.511. The van der Waals surface area contributed by atoms with Crippen LogP contribution in [0.1, 0.15) is 105 Å². The minimum absolute atomic E-state index is 0. The molecule has 0 aliphatic carbocycles. The second-order valence-electron chi connectivity index (χ2n) is 8.11. The predicted octanol–water partition coefficient (Wildman–Crippen LogP) is 8.46. The molecule has 0 heterocycles. The van der Waals surface area contributed by atoms with Crippen LogP contribution in [-0.4, -0.2) is 0 Å². The molecule has 0 amide bonds. The van der Waals surface area contributed by atoms with Crippen molar-refractivity contribution in [3.8, 4) is 0 Å². The van der Waals surface area contributed by atoms with Crippen molar-refractivity contribution < 1.29 is 0 Å². The van der Waals surface area contributed by atoms with Crippen molar-refractivity contribution in [2.45, 2.75) is 105 Å². The minimum atomic E-state index is 0. The van der Waals surface area contributed by atoms with Gasteiger partial charge in [0.2, 0.25) is 0 Å². The molecule has 1 nitrogen and oxygen atoms in total. The lowest BCUT2D eigenvalue weighted by Crippen LogP contribution is -2.06. The Kier molecular flexibility index (Phi) is 26.8. The molecule has 0 aromatic heterocycles. The van der Waals surface area contributed by atoms with Crippen LogP contribution in [0.25, 0.3) is 0 Å². The number of hydrogen-bond acceptors (Lipinski definition) is 1. The van der Waals surface area contributed by atoms with Crippen LogP contribution in [0.5, 0.6) is 0 Å². The number of rotatable bonds is 3. The van der Waals surface area contributed by atoms with Crippen molar-refractivity contribution in [1.29, 1.82) is 0 Å². The van der Waals surface area contributed by atoms with Gasteiger partial charge in [0.25, 0.3) is 0 Å². The molecule has 0 fully saturated rings. The molecule has 0 saturated carbocycles. The van der Waals surface area contributed by atoms with Crippen LogP contribution in [0, 0.1) is 23.7 Å². The van der Waals surface area contributed by atoms with E-state index in [0.717, 1.165) is 11.6 Å². The van der Waals surface area contributed by atoms with Gasteiger partial charge in [0.15, 0.2) is 0 Å². The second kappa shape index (κ2) is 18.6. The van der Waals surface area contributed by atoms with Gasteiger partial charge in [0.1, 0.15) is 0 Å². The third-order valence-electron chi connectivity index (χ3n) is 3.02. The smallest absolute Gasteiger partial charge is 0.00927 e. The molecule has 0 spiro atoms. The van der Waals surface area contributed by atoms with Gasteiger partial charge in [0, 0.05) is 5.70 Å². The van der Waals surface area contributed by atoms with Crippen molar-refractivity contribution in [3.63, 3.8) is 0 Å². The Balaban J connectivity index is -0.0000000779. The fourth-order valence-electron chi connectivity index (χ4n) is 2.40. The summed E-state index contributed by atoms with van der Waals surface area (Å²) in [5, 5.41) is 0.